The van der Waals surface area contributed by atoms with Crippen molar-refractivity contribution >= 4 is 17.7 Å². The molecule has 1 aromatic rings. The highest BCUT2D eigenvalue weighted by Crippen LogP contribution is 2.22. The highest BCUT2D eigenvalue weighted by Gasteiger charge is 2.26. The Morgan fingerprint density at radius 1 is 1.37 bits per heavy atom. The number of aromatic nitrogens is 2. The minimum atomic E-state index is -0.449. The molecular formula is C13H22N2O3S. The molecule has 0 aliphatic carbocycles. The Morgan fingerprint density at radius 2 is 2.11 bits per heavy atom. The minimum absolute atomic E-state index is 0.297. The number of thioether (sulfide) groups is 1. The lowest BCUT2D eigenvalue weighted by Crippen LogP contribution is -2.15. The summed E-state index contributed by atoms with van der Waals surface area (Å²) in [5.74, 6) is 0.964. The van der Waals surface area contributed by atoms with Gasteiger partial charge in [-0.2, -0.15) is 16.7 Å². The molecule has 0 aliphatic rings. The zero-order valence-electron chi connectivity index (χ0n) is 12.0. The Balaban J connectivity index is 2.63. The molecule has 0 fully saturated rings. The highest BCUT2D eigenvalue weighted by atomic mass is 32.2. The molecule has 0 radical (unpaired) electrons. The van der Waals surface area contributed by atoms with Crippen LogP contribution in [0, 0.1) is 0 Å². The van der Waals surface area contributed by atoms with Crippen molar-refractivity contribution in [3.05, 3.63) is 11.7 Å². The number of ether oxygens (including phenoxy) is 1. The number of hydrogen-bond donors (Lipinski definition) is 0. The minimum Gasteiger partial charge on any atom is -0.465 e. The van der Waals surface area contributed by atoms with Crippen molar-refractivity contribution in [3.63, 3.8) is 0 Å². The van der Waals surface area contributed by atoms with Crippen molar-refractivity contribution < 1.29 is 14.1 Å². The Morgan fingerprint density at radius 3 is 2.68 bits per heavy atom. The van der Waals surface area contributed by atoms with Crippen LogP contribution in [0.4, 0.5) is 0 Å². The SMILES string of the molecule is CCOC(=O)C(CC)c1nc(CSC(C)CC)no1. The van der Waals surface area contributed by atoms with Gasteiger partial charge in [0.25, 0.3) is 0 Å². The fraction of sp³-hybridized carbons (Fsp3) is 0.769. The number of hydrogen-bond acceptors (Lipinski definition) is 6. The van der Waals surface area contributed by atoms with Crippen LogP contribution in [0.15, 0.2) is 4.52 Å². The van der Waals surface area contributed by atoms with Gasteiger partial charge in [0.15, 0.2) is 5.82 Å². The van der Waals surface area contributed by atoms with Crippen LogP contribution in [0.2, 0.25) is 0 Å². The summed E-state index contributed by atoms with van der Waals surface area (Å²) in [5, 5.41) is 4.48. The van der Waals surface area contributed by atoms with Crippen molar-refractivity contribution in [3.8, 4) is 0 Å². The first kappa shape index (κ1) is 16.0. The fourth-order valence-corrected chi connectivity index (χ4v) is 2.27. The predicted molar refractivity (Wildman–Crippen MR) is 75.0 cm³/mol. The zero-order valence-corrected chi connectivity index (χ0v) is 12.8. The molecule has 0 aromatic carbocycles. The molecule has 0 N–H and O–H groups in total. The molecule has 108 valence electrons. The molecule has 0 saturated carbocycles. The number of nitrogens with zero attached hydrogens (tertiary/aromatic N) is 2. The molecule has 1 heterocycles. The van der Waals surface area contributed by atoms with Crippen molar-refractivity contribution in [1.29, 1.82) is 0 Å². The van der Waals surface area contributed by atoms with E-state index in [0.717, 1.165) is 6.42 Å². The fourth-order valence-electron chi connectivity index (χ4n) is 1.49. The van der Waals surface area contributed by atoms with Gasteiger partial charge in [0, 0.05) is 5.25 Å². The van der Waals surface area contributed by atoms with E-state index in [0.29, 0.717) is 35.7 Å². The van der Waals surface area contributed by atoms with Crippen LogP contribution in [0.5, 0.6) is 0 Å². The third-order valence-corrected chi connectivity index (χ3v) is 4.16. The second kappa shape index (κ2) is 8.19. The van der Waals surface area contributed by atoms with E-state index in [1.807, 2.05) is 6.92 Å². The summed E-state index contributed by atoms with van der Waals surface area (Å²) in [6, 6.07) is 0. The van der Waals surface area contributed by atoms with Crippen molar-refractivity contribution in [1.82, 2.24) is 10.1 Å². The maximum atomic E-state index is 11.7. The van der Waals surface area contributed by atoms with E-state index in [1.165, 1.54) is 0 Å². The molecule has 1 aromatic heterocycles. The first-order valence-corrected chi connectivity index (χ1v) is 7.77. The van der Waals surface area contributed by atoms with Gasteiger partial charge in [-0.25, -0.2) is 0 Å². The summed E-state index contributed by atoms with van der Waals surface area (Å²) >= 11 is 1.78. The number of carbonyl (C=O) groups excluding carboxylic acids is 1. The summed E-state index contributed by atoms with van der Waals surface area (Å²) in [6.07, 6.45) is 1.70. The quantitative estimate of drug-likeness (QED) is 0.684. The highest BCUT2D eigenvalue weighted by molar-refractivity contribution is 7.99. The van der Waals surface area contributed by atoms with E-state index < -0.39 is 5.92 Å². The number of carbonyl (C=O) groups is 1. The van der Waals surface area contributed by atoms with Gasteiger partial charge < -0.3 is 9.26 Å². The molecule has 0 amide bonds. The first-order chi connectivity index (χ1) is 9.12. The predicted octanol–water partition coefficient (Wildman–Crippen LogP) is 3.16. The Kier molecular flexibility index (Phi) is 6.91. The van der Waals surface area contributed by atoms with E-state index in [9.17, 15) is 4.79 Å². The lowest BCUT2D eigenvalue weighted by Gasteiger charge is -2.08. The third kappa shape index (κ3) is 4.86. The second-order valence-electron chi connectivity index (χ2n) is 4.29. The number of esters is 1. The first-order valence-electron chi connectivity index (χ1n) is 6.72. The Bertz CT molecular complexity index is 395. The maximum absolute atomic E-state index is 11.7. The van der Waals surface area contributed by atoms with Crippen LogP contribution in [0.3, 0.4) is 0 Å². The largest absolute Gasteiger partial charge is 0.465 e. The molecule has 1 rings (SSSR count). The summed E-state index contributed by atoms with van der Waals surface area (Å²) in [7, 11) is 0. The van der Waals surface area contributed by atoms with Crippen LogP contribution < -0.4 is 0 Å². The maximum Gasteiger partial charge on any atom is 0.318 e. The van der Waals surface area contributed by atoms with E-state index in [4.69, 9.17) is 9.26 Å². The Labute approximate surface area is 118 Å². The lowest BCUT2D eigenvalue weighted by atomic mass is 10.1. The zero-order chi connectivity index (χ0) is 14.3. The van der Waals surface area contributed by atoms with Crippen molar-refractivity contribution in [2.24, 2.45) is 0 Å². The molecule has 0 bridgehead atoms. The smallest absolute Gasteiger partial charge is 0.318 e. The van der Waals surface area contributed by atoms with Crippen molar-refractivity contribution in [2.75, 3.05) is 6.61 Å². The van der Waals surface area contributed by atoms with Crippen LogP contribution in [-0.4, -0.2) is 28.0 Å². The topological polar surface area (TPSA) is 65.2 Å². The number of rotatable bonds is 8. The van der Waals surface area contributed by atoms with Gasteiger partial charge in [-0.15, -0.1) is 0 Å². The summed E-state index contributed by atoms with van der Waals surface area (Å²) in [6.45, 7) is 8.36. The molecule has 2 atom stereocenters. The van der Waals surface area contributed by atoms with Crippen LogP contribution in [-0.2, 0) is 15.3 Å². The van der Waals surface area contributed by atoms with Gasteiger partial charge in [0.1, 0.15) is 5.92 Å². The van der Waals surface area contributed by atoms with Gasteiger partial charge in [0.2, 0.25) is 5.89 Å². The molecule has 19 heavy (non-hydrogen) atoms. The molecule has 0 saturated heterocycles. The van der Waals surface area contributed by atoms with E-state index in [-0.39, 0.29) is 5.97 Å². The summed E-state index contributed by atoms with van der Waals surface area (Å²) in [4.78, 5) is 16.0. The van der Waals surface area contributed by atoms with Crippen LogP contribution in [0.25, 0.3) is 0 Å². The van der Waals surface area contributed by atoms with Crippen LogP contribution in [0.1, 0.15) is 58.2 Å². The van der Waals surface area contributed by atoms with Gasteiger partial charge in [-0.1, -0.05) is 25.9 Å². The average molecular weight is 286 g/mol. The molecular weight excluding hydrogens is 264 g/mol. The van der Waals surface area contributed by atoms with Gasteiger partial charge in [-0.3, -0.25) is 4.79 Å². The van der Waals surface area contributed by atoms with Gasteiger partial charge >= 0.3 is 5.97 Å². The third-order valence-electron chi connectivity index (χ3n) is 2.83. The summed E-state index contributed by atoms with van der Waals surface area (Å²) in [5.41, 5.74) is 0. The standard InChI is InChI=1S/C13H22N2O3S/c1-5-9(4)19-8-11-14-12(18-15-11)10(6-2)13(16)17-7-3/h9-10H,5-8H2,1-4H3. The van der Waals surface area contributed by atoms with Gasteiger partial charge in [0.05, 0.1) is 12.4 Å². The van der Waals surface area contributed by atoms with E-state index in [2.05, 4.69) is 24.0 Å². The monoisotopic (exact) mass is 286 g/mol. The molecule has 2 unspecified atom stereocenters. The average Bonchev–Trinajstić information content (AvgIpc) is 2.86. The van der Waals surface area contributed by atoms with Gasteiger partial charge in [-0.05, 0) is 19.8 Å². The van der Waals surface area contributed by atoms with E-state index >= 15 is 0 Å². The van der Waals surface area contributed by atoms with Crippen molar-refractivity contribution in [2.45, 2.75) is 57.5 Å². The summed E-state index contributed by atoms with van der Waals surface area (Å²) < 4.78 is 10.2. The Hall–Kier alpha value is -1.04. The molecule has 5 nitrogen and oxygen atoms in total. The molecule has 0 aliphatic heterocycles. The van der Waals surface area contributed by atoms with E-state index in [1.54, 1.807) is 18.7 Å². The lowest BCUT2D eigenvalue weighted by molar-refractivity contribution is -0.145. The molecule has 6 heteroatoms. The molecule has 0 spiro atoms. The van der Waals surface area contributed by atoms with Crippen LogP contribution >= 0.6 is 11.8 Å². The normalized spacial score (nSPS) is 14.1. The second-order valence-corrected chi connectivity index (χ2v) is 5.72.